The van der Waals surface area contributed by atoms with Crippen LogP contribution in [0.5, 0.6) is 0 Å². The summed E-state index contributed by atoms with van der Waals surface area (Å²) in [5, 5.41) is 0. The van der Waals surface area contributed by atoms with E-state index in [1.807, 2.05) is 0 Å². The lowest BCUT2D eigenvalue weighted by Gasteiger charge is -2.34. The van der Waals surface area contributed by atoms with Gasteiger partial charge >= 0.3 is 0 Å². The molecule has 1 heterocycles. The molecule has 0 aromatic heterocycles. The van der Waals surface area contributed by atoms with Crippen LogP contribution >= 0.6 is 0 Å². The zero-order valence-electron chi connectivity index (χ0n) is 10.3. The van der Waals surface area contributed by atoms with Crippen LogP contribution in [-0.4, -0.2) is 19.3 Å². The van der Waals surface area contributed by atoms with Crippen molar-refractivity contribution in [3.8, 4) is 0 Å². The highest BCUT2D eigenvalue weighted by Crippen LogP contribution is 2.52. The monoisotopic (exact) mass is 231 g/mol. The Hall–Kier alpha value is -0.860. The maximum atomic E-state index is 6.57. The molecule has 17 heavy (non-hydrogen) atoms. The van der Waals surface area contributed by atoms with Crippen LogP contribution in [0.3, 0.4) is 0 Å². The van der Waals surface area contributed by atoms with Gasteiger partial charge in [0.25, 0.3) is 0 Å². The van der Waals surface area contributed by atoms with Crippen LogP contribution in [0.4, 0.5) is 0 Å². The molecule has 0 bridgehead atoms. The summed E-state index contributed by atoms with van der Waals surface area (Å²) in [6.07, 6.45) is 4.79. The van der Waals surface area contributed by atoms with Crippen LogP contribution < -0.4 is 5.73 Å². The van der Waals surface area contributed by atoms with E-state index in [1.54, 1.807) is 0 Å². The number of hydrogen-bond acceptors (Lipinski definition) is 2. The third-order valence-corrected chi connectivity index (χ3v) is 4.55. The third kappa shape index (κ3) is 2.00. The molecular weight excluding hydrogens is 210 g/mol. The summed E-state index contributed by atoms with van der Waals surface area (Å²) >= 11 is 0. The van der Waals surface area contributed by atoms with Crippen LogP contribution in [0.15, 0.2) is 30.3 Å². The fraction of sp³-hybridized carbons (Fsp3) is 0.600. The molecule has 2 nitrogen and oxygen atoms in total. The van der Waals surface area contributed by atoms with Crippen molar-refractivity contribution in [2.45, 2.75) is 37.1 Å². The van der Waals surface area contributed by atoms with Crippen LogP contribution in [0.1, 0.15) is 31.2 Å². The molecule has 2 heteroatoms. The molecule has 0 amide bonds. The SMILES string of the molecule is NC(C1CCOCC1)C1(c2ccccc2)CC1. The lowest BCUT2D eigenvalue weighted by atomic mass is 9.78. The summed E-state index contributed by atoms with van der Waals surface area (Å²) in [6.45, 7) is 1.78. The molecule has 1 aliphatic carbocycles. The molecule has 1 unspecified atom stereocenters. The predicted octanol–water partition coefficient (Wildman–Crippen LogP) is 2.47. The Labute approximate surface area is 103 Å². The molecule has 2 N–H and O–H groups in total. The van der Waals surface area contributed by atoms with Gasteiger partial charge < -0.3 is 10.5 Å². The maximum absolute atomic E-state index is 6.57. The van der Waals surface area contributed by atoms with Gasteiger partial charge in [-0.1, -0.05) is 30.3 Å². The van der Waals surface area contributed by atoms with E-state index in [1.165, 1.54) is 18.4 Å². The van der Waals surface area contributed by atoms with Gasteiger partial charge in [0.05, 0.1) is 0 Å². The Kier molecular flexibility index (Phi) is 2.93. The van der Waals surface area contributed by atoms with Gasteiger partial charge in [0.2, 0.25) is 0 Å². The van der Waals surface area contributed by atoms with Crippen molar-refractivity contribution in [1.82, 2.24) is 0 Å². The fourth-order valence-corrected chi connectivity index (χ4v) is 3.25. The average Bonchev–Trinajstić information content (AvgIpc) is 3.21. The first kappa shape index (κ1) is 11.2. The molecule has 2 aliphatic rings. The fourth-order valence-electron chi connectivity index (χ4n) is 3.25. The molecule has 1 aromatic carbocycles. The molecule has 0 spiro atoms. The van der Waals surface area contributed by atoms with Crippen LogP contribution in [-0.2, 0) is 10.2 Å². The zero-order chi connectivity index (χ0) is 11.7. The first-order valence-electron chi connectivity index (χ1n) is 6.72. The van der Waals surface area contributed by atoms with Crippen molar-refractivity contribution in [3.05, 3.63) is 35.9 Å². The zero-order valence-corrected chi connectivity index (χ0v) is 10.3. The van der Waals surface area contributed by atoms with Crippen molar-refractivity contribution >= 4 is 0 Å². The highest BCUT2D eigenvalue weighted by molar-refractivity contribution is 5.34. The van der Waals surface area contributed by atoms with E-state index in [2.05, 4.69) is 30.3 Å². The Bertz CT molecular complexity index is 366. The lowest BCUT2D eigenvalue weighted by molar-refractivity contribution is 0.0539. The summed E-state index contributed by atoms with van der Waals surface area (Å²) in [5.74, 6) is 0.645. The van der Waals surface area contributed by atoms with Crippen LogP contribution in [0.2, 0.25) is 0 Å². The molecule has 1 aliphatic heterocycles. The molecule has 92 valence electrons. The molecular formula is C15H21NO. The lowest BCUT2D eigenvalue weighted by Crippen LogP contribution is -2.43. The number of benzene rings is 1. The van der Waals surface area contributed by atoms with Gasteiger partial charge in [0, 0.05) is 24.7 Å². The molecule has 1 atom stereocenters. The third-order valence-electron chi connectivity index (χ3n) is 4.55. The van der Waals surface area contributed by atoms with E-state index in [9.17, 15) is 0 Å². The maximum Gasteiger partial charge on any atom is 0.0469 e. The van der Waals surface area contributed by atoms with Gasteiger partial charge in [-0.3, -0.25) is 0 Å². The van der Waals surface area contributed by atoms with E-state index >= 15 is 0 Å². The van der Waals surface area contributed by atoms with E-state index in [0.29, 0.717) is 12.0 Å². The Morgan fingerprint density at radius 3 is 2.35 bits per heavy atom. The highest BCUT2D eigenvalue weighted by Gasteiger charge is 2.51. The average molecular weight is 231 g/mol. The Balaban J connectivity index is 1.78. The Morgan fingerprint density at radius 1 is 1.12 bits per heavy atom. The second kappa shape index (κ2) is 4.43. The minimum absolute atomic E-state index is 0.281. The molecule has 1 aromatic rings. The Morgan fingerprint density at radius 2 is 1.76 bits per heavy atom. The quantitative estimate of drug-likeness (QED) is 0.867. The van der Waals surface area contributed by atoms with Gasteiger partial charge in [-0.15, -0.1) is 0 Å². The summed E-state index contributed by atoms with van der Waals surface area (Å²) in [4.78, 5) is 0. The number of nitrogens with two attached hydrogens (primary N) is 1. The van der Waals surface area contributed by atoms with Gasteiger partial charge in [-0.2, -0.15) is 0 Å². The van der Waals surface area contributed by atoms with Crippen molar-refractivity contribution in [1.29, 1.82) is 0 Å². The minimum Gasteiger partial charge on any atom is -0.381 e. The van der Waals surface area contributed by atoms with E-state index in [0.717, 1.165) is 26.1 Å². The van der Waals surface area contributed by atoms with E-state index in [-0.39, 0.29) is 5.41 Å². The smallest absolute Gasteiger partial charge is 0.0469 e. The molecule has 0 radical (unpaired) electrons. The molecule has 3 rings (SSSR count). The standard InChI is InChI=1S/C15H21NO/c16-14(12-6-10-17-11-7-12)15(8-9-15)13-4-2-1-3-5-13/h1-5,12,14H,6-11,16H2. The molecule has 1 saturated heterocycles. The van der Waals surface area contributed by atoms with Crippen LogP contribution in [0, 0.1) is 5.92 Å². The number of rotatable bonds is 3. The first-order chi connectivity index (χ1) is 8.33. The minimum atomic E-state index is 0.281. The normalized spacial score (nSPS) is 25.5. The first-order valence-corrected chi connectivity index (χ1v) is 6.72. The van der Waals surface area contributed by atoms with Crippen molar-refractivity contribution in [3.63, 3.8) is 0 Å². The van der Waals surface area contributed by atoms with Gasteiger partial charge in [0.15, 0.2) is 0 Å². The summed E-state index contributed by atoms with van der Waals surface area (Å²) in [6, 6.07) is 11.1. The largest absolute Gasteiger partial charge is 0.381 e. The highest BCUT2D eigenvalue weighted by atomic mass is 16.5. The van der Waals surface area contributed by atoms with E-state index in [4.69, 9.17) is 10.5 Å². The van der Waals surface area contributed by atoms with Crippen molar-refractivity contribution in [2.75, 3.05) is 13.2 Å². The number of ether oxygens (including phenoxy) is 1. The summed E-state index contributed by atoms with van der Waals surface area (Å²) < 4.78 is 5.43. The van der Waals surface area contributed by atoms with Crippen molar-refractivity contribution < 1.29 is 4.74 Å². The summed E-state index contributed by atoms with van der Waals surface area (Å²) in [5.41, 5.74) is 8.29. The van der Waals surface area contributed by atoms with Gasteiger partial charge in [-0.05, 0) is 37.2 Å². The second-order valence-corrected chi connectivity index (χ2v) is 5.50. The molecule has 1 saturated carbocycles. The summed E-state index contributed by atoms with van der Waals surface area (Å²) in [7, 11) is 0. The second-order valence-electron chi connectivity index (χ2n) is 5.50. The van der Waals surface area contributed by atoms with Gasteiger partial charge in [-0.25, -0.2) is 0 Å². The van der Waals surface area contributed by atoms with E-state index < -0.39 is 0 Å². The predicted molar refractivity (Wildman–Crippen MR) is 68.9 cm³/mol. The van der Waals surface area contributed by atoms with Gasteiger partial charge in [0.1, 0.15) is 0 Å². The number of hydrogen-bond donors (Lipinski definition) is 1. The molecule has 2 fully saturated rings. The van der Waals surface area contributed by atoms with Crippen molar-refractivity contribution in [2.24, 2.45) is 11.7 Å². The topological polar surface area (TPSA) is 35.2 Å². The van der Waals surface area contributed by atoms with Crippen LogP contribution in [0.25, 0.3) is 0 Å².